The van der Waals surface area contributed by atoms with Gasteiger partial charge in [0.05, 0.1) is 6.04 Å². The van der Waals surface area contributed by atoms with E-state index >= 15 is 0 Å². The SMILES string of the molecule is Clc1ccccc1C1C=C(c2cccc3ccccc23)Nc2nncn21. The lowest BCUT2D eigenvalue weighted by atomic mass is 9.97. The third kappa shape index (κ3) is 2.38. The minimum atomic E-state index is -0.0658. The number of anilines is 1. The maximum atomic E-state index is 6.48. The average molecular weight is 359 g/mol. The lowest BCUT2D eigenvalue weighted by Crippen LogP contribution is -2.19. The van der Waals surface area contributed by atoms with Crippen LogP contribution in [0, 0.1) is 0 Å². The summed E-state index contributed by atoms with van der Waals surface area (Å²) in [5.74, 6) is 0.709. The van der Waals surface area contributed by atoms with Crippen LogP contribution in [0.5, 0.6) is 0 Å². The van der Waals surface area contributed by atoms with Crippen molar-refractivity contribution in [1.82, 2.24) is 14.8 Å². The maximum absolute atomic E-state index is 6.48. The standard InChI is InChI=1S/C21H15ClN4/c22-18-11-4-3-9-17(18)20-12-19(24-21-25-23-13-26(20)21)16-10-5-7-14-6-1-2-8-15(14)16/h1-13,20H,(H,24,25). The Morgan fingerprint density at radius 1 is 0.923 bits per heavy atom. The highest BCUT2D eigenvalue weighted by Gasteiger charge is 2.24. The number of aromatic nitrogens is 3. The second-order valence-corrected chi connectivity index (χ2v) is 6.67. The Morgan fingerprint density at radius 3 is 2.65 bits per heavy atom. The molecular formula is C21H15ClN4. The van der Waals surface area contributed by atoms with E-state index in [2.05, 4.69) is 64.1 Å². The molecule has 4 nitrogen and oxygen atoms in total. The lowest BCUT2D eigenvalue weighted by Gasteiger charge is -2.26. The number of allylic oxidation sites excluding steroid dienone is 1. The van der Waals surface area contributed by atoms with Gasteiger partial charge in [-0.3, -0.25) is 4.57 Å². The Bertz CT molecular complexity index is 1140. The van der Waals surface area contributed by atoms with E-state index in [1.807, 2.05) is 28.8 Å². The average Bonchev–Trinajstić information content (AvgIpc) is 3.16. The molecule has 1 N–H and O–H groups in total. The van der Waals surface area contributed by atoms with Crippen LogP contribution in [0.15, 0.2) is 79.1 Å². The van der Waals surface area contributed by atoms with Gasteiger partial charge in [0, 0.05) is 16.3 Å². The summed E-state index contributed by atoms with van der Waals surface area (Å²) in [7, 11) is 0. The van der Waals surface area contributed by atoms with Gasteiger partial charge >= 0.3 is 0 Å². The summed E-state index contributed by atoms with van der Waals surface area (Å²) in [6.45, 7) is 0. The van der Waals surface area contributed by atoms with Crippen LogP contribution in [0.3, 0.4) is 0 Å². The van der Waals surface area contributed by atoms with E-state index in [9.17, 15) is 0 Å². The van der Waals surface area contributed by atoms with Crippen molar-refractivity contribution in [2.45, 2.75) is 6.04 Å². The molecule has 126 valence electrons. The molecule has 1 atom stereocenters. The van der Waals surface area contributed by atoms with Crippen LogP contribution < -0.4 is 5.32 Å². The number of rotatable bonds is 2. The van der Waals surface area contributed by atoms with E-state index in [1.54, 1.807) is 6.33 Å². The quantitative estimate of drug-likeness (QED) is 0.539. The fourth-order valence-corrected chi connectivity index (χ4v) is 3.76. The van der Waals surface area contributed by atoms with Crippen molar-refractivity contribution in [3.8, 4) is 0 Å². The molecule has 1 aliphatic heterocycles. The largest absolute Gasteiger partial charge is 0.324 e. The molecule has 0 saturated carbocycles. The number of nitrogens with zero attached hydrogens (tertiary/aromatic N) is 3. The minimum absolute atomic E-state index is 0.0658. The van der Waals surface area contributed by atoms with Crippen molar-refractivity contribution in [2.24, 2.45) is 0 Å². The smallest absolute Gasteiger partial charge is 0.229 e. The van der Waals surface area contributed by atoms with Gasteiger partial charge in [0.15, 0.2) is 0 Å². The van der Waals surface area contributed by atoms with Gasteiger partial charge in [-0.1, -0.05) is 72.3 Å². The fraction of sp³-hybridized carbons (Fsp3) is 0.0476. The van der Waals surface area contributed by atoms with E-state index in [-0.39, 0.29) is 6.04 Å². The number of fused-ring (bicyclic) bond motifs is 2. The highest BCUT2D eigenvalue weighted by atomic mass is 35.5. The van der Waals surface area contributed by atoms with Crippen LogP contribution in [-0.4, -0.2) is 14.8 Å². The van der Waals surface area contributed by atoms with Gasteiger partial charge < -0.3 is 5.32 Å². The molecule has 1 unspecified atom stereocenters. The summed E-state index contributed by atoms with van der Waals surface area (Å²) >= 11 is 6.48. The minimum Gasteiger partial charge on any atom is -0.324 e. The van der Waals surface area contributed by atoms with E-state index in [0.29, 0.717) is 5.95 Å². The number of hydrogen-bond acceptors (Lipinski definition) is 3. The Balaban J connectivity index is 1.71. The normalized spacial score (nSPS) is 16.0. The zero-order valence-corrected chi connectivity index (χ0v) is 14.6. The third-order valence-electron chi connectivity index (χ3n) is 4.75. The molecule has 26 heavy (non-hydrogen) atoms. The molecule has 0 spiro atoms. The molecule has 0 amide bonds. The van der Waals surface area contributed by atoms with Crippen molar-refractivity contribution in [3.63, 3.8) is 0 Å². The molecule has 0 bridgehead atoms. The molecule has 2 heterocycles. The summed E-state index contributed by atoms with van der Waals surface area (Å²) in [5.41, 5.74) is 3.16. The van der Waals surface area contributed by atoms with E-state index in [4.69, 9.17) is 11.6 Å². The summed E-state index contributed by atoms with van der Waals surface area (Å²) in [5, 5.41) is 14.8. The van der Waals surface area contributed by atoms with Crippen LogP contribution in [0.4, 0.5) is 5.95 Å². The molecule has 1 aromatic heterocycles. The van der Waals surface area contributed by atoms with E-state index in [0.717, 1.165) is 21.8 Å². The van der Waals surface area contributed by atoms with Crippen LogP contribution in [0.1, 0.15) is 17.2 Å². The van der Waals surface area contributed by atoms with Crippen molar-refractivity contribution in [1.29, 1.82) is 0 Å². The first-order valence-electron chi connectivity index (χ1n) is 8.42. The highest BCUT2D eigenvalue weighted by Crippen LogP contribution is 2.36. The van der Waals surface area contributed by atoms with E-state index in [1.165, 1.54) is 10.8 Å². The van der Waals surface area contributed by atoms with Crippen LogP contribution in [-0.2, 0) is 0 Å². The Morgan fingerprint density at radius 2 is 1.73 bits per heavy atom. The van der Waals surface area contributed by atoms with Gasteiger partial charge in [-0.25, -0.2) is 0 Å². The van der Waals surface area contributed by atoms with Crippen LogP contribution in [0.25, 0.3) is 16.5 Å². The Kier molecular flexibility index (Phi) is 3.50. The fourth-order valence-electron chi connectivity index (χ4n) is 3.51. The zero-order valence-electron chi connectivity index (χ0n) is 13.8. The molecule has 3 aromatic carbocycles. The molecule has 0 radical (unpaired) electrons. The van der Waals surface area contributed by atoms with Crippen molar-refractivity contribution >= 4 is 34.0 Å². The Labute approximate surface area is 155 Å². The molecule has 5 rings (SSSR count). The molecular weight excluding hydrogens is 344 g/mol. The van der Waals surface area contributed by atoms with Gasteiger partial charge in [0.1, 0.15) is 6.33 Å². The summed E-state index contributed by atoms with van der Waals surface area (Å²) in [6, 6.07) is 22.5. The molecule has 0 aliphatic carbocycles. The topological polar surface area (TPSA) is 42.7 Å². The zero-order chi connectivity index (χ0) is 17.5. The number of hydrogen-bond donors (Lipinski definition) is 1. The van der Waals surface area contributed by atoms with Gasteiger partial charge in [-0.15, -0.1) is 10.2 Å². The summed E-state index contributed by atoms with van der Waals surface area (Å²) in [4.78, 5) is 0. The molecule has 0 fully saturated rings. The number of nitrogens with one attached hydrogen (secondary N) is 1. The molecule has 4 aromatic rings. The predicted octanol–water partition coefficient (Wildman–Crippen LogP) is 5.14. The number of benzene rings is 3. The molecule has 1 aliphatic rings. The molecule has 0 saturated heterocycles. The monoisotopic (exact) mass is 358 g/mol. The second kappa shape index (κ2) is 6.00. The van der Waals surface area contributed by atoms with Crippen molar-refractivity contribution < 1.29 is 0 Å². The lowest BCUT2D eigenvalue weighted by molar-refractivity contribution is 0.696. The van der Waals surface area contributed by atoms with Crippen LogP contribution >= 0.6 is 11.6 Å². The predicted molar refractivity (Wildman–Crippen MR) is 105 cm³/mol. The van der Waals surface area contributed by atoms with Gasteiger partial charge in [-0.2, -0.15) is 0 Å². The summed E-state index contributed by atoms with van der Waals surface area (Å²) in [6.07, 6.45) is 3.91. The first-order valence-corrected chi connectivity index (χ1v) is 8.80. The van der Waals surface area contributed by atoms with E-state index < -0.39 is 0 Å². The first kappa shape index (κ1) is 15.2. The third-order valence-corrected chi connectivity index (χ3v) is 5.09. The van der Waals surface area contributed by atoms with Crippen molar-refractivity contribution in [3.05, 3.63) is 95.3 Å². The molecule has 5 heteroatoms. The van der Waals surface area contributed by atoms with Gasteiger partial charge in [0.25, 0.3) is 0 Å². The maximum Gasteiger partial charge on any atom is 0.229 e. The second-order valence-electron chi connectivity index (χ2n) is 6.26. The number of halogens is 1. The Hall–Kier alpha value is -3.11. The van der Waals surface area contributed by atoms with Crippen LogP contribution in [0.2, 0.25) is 5.02 Å². The first-order chi connectivity index (χ1) is 12.8. The van der Waals surface area contributed by atoms with Gasteiger partial charge in [0.2, 0.25) is 5.95 Å². The highest BCUT2D eigenvalue weighted by molar-refractivity contribution is 6.31. The summed E-state index contributed by atoms with van der Waals surface area (Å²) < 4.78 is 2.00. The van der Waals surface area contributed by atoms with Crippen molar-refractivity contribution in [2.75, 3.05) is 5.32 Å². The van der Waals surface area contributed by atoms with Gasteiger partial charge in [-0.05, 0) is 28.5 Å².